The van der Waals surface area contributed by atoms with Crippen LogP contribution in [-0.2, 0) is 14.9 Å². The molecule has 4 aliphatic carbocycles. The lowest BCUT2D eigenvalue weighted by molar-refractivity contribution is -0.0283. The summed E-state index contributed by atoms with van der Waals surface area (Å²) in [6.45, 7) is 0.413. The van der Waals surface area contributed by atoms with Crippen molar-refractivity contribution in [2.24, 2.45) is 17.8 Å². The van der Waals surface area contributed by atoms with Crippen LogP contribution in [0.3, 0.4) is 0 Å². The number of benzene rings is 6. The van der Waals surface area contributed by atoms with E-state index in [-0.39, 0.29) is 16.1 Å². The lowest BCUT2D eigenvalue weighted by atomic mass is 9.56. The van der Waals surface area contributed by atoms with Crippen LogP contribution < -0.4 is 10.6 Å². The van der Waals surface area contributed by atoms with E-state index in [0.29, 0.717) is 6.61 Å². The normalized spacial score (nSPS) is 22.9. The highest BCUT2D eigenvalue weighted by Gasteiger charge is 2.53. The molecule has 6 aromatic carbocycles. The molecule has 4 fully saturated rings. The van der Waals surface area contributed by atoms with Crippen LogP contribution in [0.1, 0.15) is 66.0 Å². The highest BCUT2D eigenvalue weighted by atomic mass is 32.2. The second kappa shape index (κ2) is 16.0. The van der Waals surface area contributed by atoms with Gasteiger partial charge >= 0.3 is 0 Å². The fourth-order valence-electron chi connectivity index (χ4n) is 10.1. The van der Waals surface area contributed by atoms with Gasteiger partial charge in [0.25, 0.3) is 0 Å². The second-order valence-corrected chi connectivity index (χ2v) is 19.2. The Labute approximate surface area is 327 Å². The van der Waals surface area contributed by atoms with Crippen LogP contribution in [0.25, 0.3) is 0 Å². The average molecular weight is 745 g/mol. The molecule has 6 aromatic rings. The molecule has 4 bridgehead atoms. The second-order valence-electron chi connectivity index (χ2n) is 15.7. The molecule has 0 N–H and O–H groups in total. The van der Waals surface area contributed by atoms with Crippen molar-refractivity contribution in [3.63, 3.8) is 0 Å². The number of thioether (sulfide) groups is 1. The number of rotatable bonds is 14. The Kier molecular flexibility index (Phi) is 10.6. The molecule has 4 heteroatoms. The Balaban J connectivity index is 1.18. The van der Waals surface area contributed by atoms with E-state index in [2.05, 4.69) is 194 Å². The zero-order valence-corrected chi connectivity index (χ0v) is 32.5. The van der Waals surface area contributed by atoms with Crippen molar-refractivity contribution in [3.05, 3.63) is 204 Å². The molecule has 10 rings (SSSR count). The first-order chi connectivity index (χ1) is 26.7. The first-order valence-electron chi connectivity index (χ1n) is 19.8. The van der Waals surface area contributed by atoms with E-state index in [1.165, 1.54) is 54.7 Å². The van der Waals surface area contributed by atoms with E-state index in [0.717, 1.165) is 34.4 Å². The summed E-state index contributed by atoms with van der Waals surface area (Å²) in [4.78, 5) is 0. The quantitative estimate of drug-likeness (QED) is 0.0817. The Morgan fingerprint density at radius 2 is 0.889 bits per heavy atom. The van der Waals surface area contributed by atoms with Gasteiger partial charge in [-0.3, -0.25) is 0 Å². The number of ether oxygens (including phenoxy) is 1. The first kappa shape index (κ1) is 35.7. The van der Waals surface area contributed by atoms with Crippen LogP contribution in [0.4, 0.5) is 0 Å². The molecule has 0 saturated heterocycles. The Morgan fingerprint density at radius 3 is 1.30 bits per heavy atom. The molecule has 4 saturated carbocycles. The Bertz CT molecular complexity index is 1890. The van der Waals surface area contributed by atoms with E-state index >= 15 is 0 Å². The average Bonchev–Trinajstić information content (AvgIpc) is 3.23. The van der Waals surface area contributed by atoms with Gasteiger partial charge in [-0.1, -0.05) is 182 Å². The minimum Gasteiger partial charge on any atom is -0.358 e. The standard InChI is InChI=1S/C50H49O2PS/c1-7-19-41(20-8-1)48(54-49-34-38-31-39(35-49)33-40(32-38)36-49)47(52-53(45-27-15-5-16-28-45)46-29-17-6-18-30-46)37-51-50(42-21-9-2-10-22-42,43-23-11-3-12-24-43)44-25-13-4-14-26-44/h1-30,38-40,47-48H,31-37H2/t38?,39?,40?,47-,48+,49?/m0/s1. The molecule has 0 radical (unpaired) electrons. The highest BCUT2D eigenvalue weighted by molar-refractivity contribution is 8.01. The number of hydrogen-bond acceptors (Lipinski definition) is 3. The maximum absolute atomic E-state index is 7.78. The summed E-state index contributed by atoms with van der Waals surface area (Å²) in [5.41, 5.74) is 3.81. The summed E-state index contributed by atoms with van der Waals surface area (Å²) < 4.78 is 15.8. The zero-order valence-electron chi connectivity index (χ0n) is 30.8. The van der Waals surface area contributed by atoms with Crippen LogP contribution in [0.15, 0.2) is 182 Å². The van der Waals surface area contributed by atoms with Crippen LogP contribution in [0.5, 0.6) is 0 Å². The van der Waals surface area contributed by atoms with Crippen molar-refractivity contribution in [2.45, 2.75) is 60.2 Å². The summed E-state index contributed by atoms with van der Waals surface area (Å²) in [5.74, 6) is 2.59. The highest BCUT2D eigenvalue weighted by Crippen LogP contribution is 2.64. The molecular formula is C50H49O2PS. The van der Waals surface area contributed by atoms with E-state index in [1.54, 1.807) is 0 Å². The SMILES string of the molecule is c1ccc([C@@H](SC23CC4CC(CC(C4)C2)C3)[C@H](COC(c2ccccc2)(c2ccccc2)c2ccccc2)OP(c2ccccc2)c2ccccc2)cc1. The van der Waals surface area contributed by atoms with Gasteiger partial charge in [0, 0.05) is 15.4 Å². The number of hydrogen-bond donors (Lipinski definition) is 0. The van der Waals surface area contributed by atoms with Gasteiger partial charge in [-0.25, -0.2) is 0 Å². The monoisotopic (exact) mass is 744 g/mol. The van der Waals surface area contributed by atoms with Crippen molar-refractivity contribution >= 4 is 30.5 Å². The van der Waals surface area contributed by atoms with E-state index in [9.17, 15) is 0 Å². The zero-order chi connectivity index (χ0) is 36.2. The third-order valence-electron chi connectivity index (χ3n) is 12.1. The fraction of sp³-hybridized carbons (Fsp3) is 0.280. The third-order valence-corrected chi connectivity index (χ3v) is 15.9. The van der Waals surface area contributed by atoms with Crippen LogP contribution in [0, 0.1) is 17.8 Å². The van der Waals surface area contributed by atoms with Gasteiger partial charge in [0.1, 0.15) is 11.7 Å². The first-order valence-corrected chi connectivity index (χ1v) is 21.9. The summed E-state index contributed by atoms with van der Waals surface area (Å²) in [5, 5.41) is 2.52. The van der Waals surface area contributed by atoms with Crippen molar-refractivity contribution in [2.75, 3.05) is 6.61 Å². The van der Waals surface area contributed by atoms with Gasteiger partial charge in [0.05, 0.1) is 20.0 Å². The Morgan fingerprint density at radius 1 is 0.519 bits per heavy atom. The molecule has 0 spiro atoms. The molecule has 0 amide bonds. The molecule has 4 aliphatic rings. The van der Waals surface area contributed by atoms with Gasteiger partial charge in [-0.15, -0.1) is 11.8 Å². The minimum atomic E-state index is -1.16. The van der Waals surface area contributed by atoms with Crippen molar-refractivity contribution in [1.29, 1.82) is 0 Å². The largest absolute Gasteiger partial charge is 0.358 e. The molecule has 0 heterocycles. The molecule has 0 unspecified atom stereocenters. The molecule has 0 aromatic heterocycles. The van der Waals surface area contributed by atoms with Crippen LogP contribution in [-0.4, -0.2) is 17.5 Å². The van der Waals surface area contributed by atoms with Gasteiger partial charge < -0.3 is 9.26 Å². The summed E-state index contributed by atoms with van der Waals surface area (Å²) in [6, 6.07) is 65.4. The van der Waals surface area contributed by atoms with Gasteiger partial charge in [0.15, 0.2) is 0 Å². The van der Waals surface area contributed by atoms with Crippen molar-refractivity contribution in [1.82, 2.24) is 0 Å². The van der Waals surface area contributed by atoms with Gasteiger partial charge in [0.2, 0.25) is 0 Å². The minimum absolute atomic E-state index is 0.0832. The van der Waals surface area contributed by atoms with Gasteiger partial charge in [-0.2, -0.15) is 0 Å². The maximum Gasteiger partial charge on any atom is 0.143 e. The van der Waals surface area contributed by atoms with Gasteiger partial charge in [-0.05, 0) is 78.5 Å². The van der Waals surface area contributed by atoms with Crippen molar-refractivity contribution < 1.29 is 9.26 Å². The molecule has 0 aliphatic heterocycles. The van der Waals surface area contributed by atoms with Crippen molar-refractivity contribution in [3.8, 4) is 0 Å². The summed E-state index contributed by atoms with van der Waals surface area (Å²) in [7, 11) is -1.16. The van der Waals surface area contributed by atoms with Crippen LogP contribution in [0.2, 0.25) is 0 Å². The molecule has 272 valence electrons. The molecule has 2 nitrogen and oxygen atoms in total. The van der Waals surface area contributed by atoms with E-state index in [1.807, 2.05) is 0 Å². The molecular weight excluding hydrogens is 696 g/mol. The predicted molar refractivity (Wildman–Crippen MR) is 227 cm³/mol. The molecule has 54 heavy (non-hydrogen) atoms. The third kappa shape index (κ3) is 7.37. The lowest BCUT2D eigenvalue weighted by Gasteiger charge is -2.57. The van der Waals surface area contributed by atoms with Crippen LogP contribution >= 0.6 is 19.9 Å². The summed E-state index contributed by atoms with van der Waals surface area (Å²) >= 11 is 2.24. The fourth-order valence-corrected chi connectivity index (χ4v) is 14.2. The topological polar surface area (TPSA) is 18.5 Å². The summed E-state index contributed by atoms with van der Waals surface area (Å²) in [6.07, 6.45) is 8.03. The van der Waals surface area contributed by atoms with E-state index < -0.39 is 13.7 Å². The predicted octanol–water partition coefficient (Wildman–Crippen LogP) is 11.9. The molecule has 2 atom stereocenters. The van der Waals surface area contributed by atoms with E-state index in [4.69, 9.17) is 9.26 Å². The lowest BCUT2D eigenvalue weighted by Crippen LogP contribution is -2.49. The Hall–Kier alpha value is -3.98. The maximum atomic E-state index is 7.78. The smallest absolute Gasteiger partial charge is 0.143 e.